The first-order valence-electron chi connectivity index (χ1n) is 6.07. The molecule has 0 aromatic heterocycles. The fourth-order valence-corrected chi connectivity index (χ4v) is 2.60. The minimum atomic E-state index is -0.139. The highest BCUT2D eigenvalue weighted by Crippen LogP contribution is 2.33. The van der Waals surface area contributed by atoms with Crippen molar-refractivity contribution in [2.75, 3.05) is 18.2 Å². The molecule has 0 aliphatic heterocycles. The van der Waals surface area contributed by atoms with Crippen LogP contribution in [0.2, 0.25) is 0 Å². The summed E-state index contributed by atoms with van der Waals surface area (Å²) in [5, 5.41) is 2.72. The third kappa shape index (κ3) is 3.68. The number of anilines is 2. The van der Waals surface area contributed by atoms with Crippen molar-refractivity contribution in [2.45, 2.75) is 16.7 Å². The van der Waals surface area contributed by atoms with Crippen molar-refractivity contribution in [1.82, 2.24) is 0 Å². The van der Waals surface area contributed by atoms with Gasteiger partial charge in [0.25, 0.3) is 0 Å². The molecular formula is C15H16N2O2S. The summed E-state index contributed by atoms with van der Waals surface area (Å²) in [6.07, 6.45) is 0. The lowest BCUT2D eigenvalue weighted by molar-refractivity contribution is -0.114. The summed E-state index contributed by atoms with van der Waals surface area (Å²) in [5.41, 5.74) is 7.01. The van der Waals surface area contributed by atoms with Gasteiger partial charge >= 0.3 is 0 Å². The fraction of sp³-hybridized carbons (Fsp3) is 0.133. The summed E-state index contributed by atoms with van der Waals surface area (Å²) in [4.78, 5) is 13.2. The van der Waals surface area contributed by atoms with Crippen LogP contribution >= 0.6 is 11.8 Å². The zero-order chi connectivity index (χ0) is 14.5. The molecule has 20 heavy (non-hydrogen) atoms. The van der Waals surface area contributed by atoms with Crippen molar-refractivity contribution in [3.63, 3.8) is 0 Å². The molecule has 3 N–H and O–H groups in total. The van der Waals surface area contributed by atoms with E-state index in [1.807, 2.05) is 36.4 Å². The first-order valence-corrected chi connectivity index (χ1v) is 6.89. The Morgan fingerprint density at radius 1 is 1.20 bits per heavy atom. The fourth-order valence-electron chi connectivity index (χ4n) is 1.70. The maximum atomic E-state index is 11.1. The average molecular weight is 288 g/mol. The highest BCUT2D eigenvalue weighted by atomic mass is 32.2. The smallest absolute Gasteiger partial charge is 0.221 e. The van der Waals surface area contributed by atoms with Crippen LogP contribution in [0.4, 0.5) is 11.4 Å². The van der Waals surface area contributed by atoms with Crippen LogP contribution in [-0.2, 0) is 4.79 Å². The van der Waals surface area contributed by atoms with E-state index < -0.39 is 0 Å². The maximum Gasteiger partial charge on any atom is 0.221 e. The normalized spacial score (nSPS) is 10.1. The van der Waals surface area contributed by atoms with Crippen LogP contribution in [0, 0.1) is 0 Å². The van der Waals surface area contributed by atoms with E-state index in [4.69, 9.17) is 10.5 Å². The number of hydrogen-bond acceptors (Lipinski definition) is 4. The van der Waals surface area contributed by atoms with E-state index in [1.54, 1.807) is 24.9 Å². The molecule has 0 atom stereocenters. The molecule has 104 valence electrons. The van der Waals surface area contributed by atoms with Crippen molar-refractivity contribution in [1.29, 1.82) is 0 Å². The molecule has 0 unspecified atom stereocenters. The molecule has 0 aliphatic carbocycles. The van der Waals surface area contributed by atoms with Gasteiger partial charge in [-0.1, -0.05) is 17.8 Å². The summed E-state index contributed by atoms with van der Waals surface area (Å²) >= 11 is 1.58. The van der Waals surface area contributed by atoms with Crippen molar-refractivity contribution in [3.8, 4) is 5.75 Å². The van der Waals surface area contributed by atoms with E-state index >= 15 is 0 Å². The number of methoxy groups -OCH3 is 1. The minimum absolute atomic E-state index is 0.139. The number of carbonyl (C=O) groups excluding carboxylic acids is 1. The lowest BCUT2D eigenvalue weighted by Gasteiger charge is -2.09. The van der Waals surface area contributed by atoms with Gasteiger partial charge in [0.1, 0.15) is 5.75 Å². The predicted molar refractivity (Wildman–Crippen MR) is 82.3 cm³/mol. The molecule has 0 saturated carbocycles. The standard InChI is InChI=1S/C15H16N2O2S/c1-10(18)17-15-9-13(6-7-14(15)16)20-12-5-3-4-11(8-12)19-2/h3-9H,16H2,1-2H3,(H,17,18). The van der Waals surface area contributed by atoms with Crippen molar-refractivity contribution >= 4 is 29.0 Å². The number of ether oxygens (including phenoxy) is 1. The summed E-state index contributed by atoms with van der Waals surface area (Å²) < 4.78 is 5.20. The number of hydrogen-bond donors (Lipinski definition) is 2. The van der Waals surface area contributed by atoms with E-state index in [0.29, 0.717) is 11.4 Å². The third-order valence-electron chi connectivity index (χ3n) is 2.61. The van der Waals surface area contributed by atoms with E-state index in [0.717, 1.165) is 15.5 Å². The molecule has 0 radical (unpaired) electrons. The summed E-state index contributed by atoms with van der Waals surface area (Å²) in [6, 6.07) is 13.4. The second-order valence-corrected chi connectivity index (χ2v) is 5.36. The molecule has 0 aliphatic rings. The molecule has 5 heteroatoms. The lowest BCUT2D eigenvalue weighted by atomic mass is 10.2. The first-order chi connectivity index (χ1) is 9.58. The van der Waals surface area contributed by atoms with Crippen LogP contribution in [0.3, 0.4) is 0 Å². The van der Waals surface area contributed by atoms with E-state index in [2.05, 4.69) is 5.32 Å². The van der Waals surface area contributed by atoms with Crippen LogP contribution in [0.25, 0.3) is 0 Å². The second kappa shape index (κ2) is 6.34. The van der Waals surface area contributed by atoms with E-state index in [1.165, 1.54) is 6.92 Å². The van der Waals surface area contributed by atoms with Gasteiger partial charge in [0.2, 0.25) is 5.91 Å². The molecule has 2 aromatic carbocycles. The Kier molecular flexibility index (Phi) is 4.53. The highest BCUT2D eigenvalue weighted by molar-refractivity contribution is 7.99. The molecular weight excluding hydrogens is 272 g/mol. The molecule has 0 heterocycles. The van der Waals surface area contributed by atoms with Crippen molar-refractivity contribution in [3.05, 3.63) is 42.5 Å². The van der Waals surface area contributed by atoms with Gasteiger partial charge in [0.05, 0.1) is 18.5 Å². The maximum absolute atomic E-state index is 11.1. The molecule has 2 rings (SSSR count). The third-order valence-corrected chi connectivity index (χ3v) is 3.59. The number of rotatable bonds is 4. The van der Waals surface area contributed by atoms with Crippen LogP contribution in [-0.4, -0.2) is 13.0 Å². The zero-order valence-corrected chi connectivity index (χ0v) is 12.2. The Morgan fingerprint density at radius 2 is 1.95 bits per heavy atom. The molecule has 0 spiro atoms. The Bertz CT molecular complexity index is 629. The van der Waals surface area contributed by atoms with Gasteiger partial charge in [0, 0.05) is 16.7 Å². The largest absolute Gasteiger partial charge is 0.497 e. The monoisotopic (exact) mass is 288 g/mol. The Hall–Kier alpha value is -2.14. The molecule has 4 nitrogen and oxygen atoms in total. The molecule has 0 saturated heterocycles. The number of nitrogen functional groups attached to an aromatic ring is 1. The number of benzene rings is 2. The number of nitrogens with one attached hydrogen (secondary N) is 1. The first kappa shape index (κ1) is 14.3. The summed E-state index contributed by atoms with van der Waals surface area (Å²) in [6.45, 7) is 1.46. The van der Waals surface area contributed by atoms with Gasteiger partial charge in [-0.25, -0.2) is 0 Å². The highest BCUT2D eigenvalue weighted by Gasteiger charge is 2.05. The van der Waals surface area contributed by atoms with Gasteiger partial charge < -0.3 is 15.8 Å². The van der Waals surface area contributed by atoms with Crippen molar-refractivity contribution in [2.24, 2.45) is 0 Å². The van der Waals surface area contributed by atoms with E-state index in [-0.39, 0.29) is 5.91 Å². The molecule has 1 amide bonds. The van der Waals surface area contributed by atoms with E-state index in [9.17, 15) is 4.79 Å². The van der Waals surface area contributed by atoms with Crippen LogP contribution < -0.4 is 15.8 Å². The Balaban J connectivity index is 2.22. The summed E-state index contributed by atoms with van der Waals surface area (Å²) in [5.74, 6) is 0.674. The van der Waals surface area contributed by atoms with Gasteiger partial charge in [-0.15, -0.1) is 0 Å². The van der Waals surface area contributed by atoms with Crippen LogP contribution in [0.5, 0.6) is 5.75 Å². The van der Waals surface area contributed by atoms with Gasteiger partial charge in [-0.3, -0.25) is 4.79 Å². The molecule has 0 bridgehead atoms. The quantitative estimate of drug-likeness (QED) is 0.846. The topological polar surface area (TPSA) is 64.3 Å². The summed E-state index contributed by atoms with van der Waals surface area (Å²) in [7, 11) is 1.64. The number of nitrogens with two attached hydrogens (primary N) is 1. The van der Waals surface area contributed by atoms with Gasteiger partial charge in [0.15, 0.2) is 0 Å². The average Bonchev–Trinajstić information content (AvgIpc) is 2.42. The van der Waals surface area contributed by atoms with Crippen LogP contribution in [0.1, 0.15) is 6.92 Å². The van der Waals surface area contributed by atoms with Crippen molar-refractivity contribution < 1.29 is 9.53 Å². The second-order valence-electron chi connectivity index (χ2n) is 4.21. The van der Waals surface area contributed by atoms with Gasteiger partial charge in [-0.2, -0.15) is 0 Å². The Labute approximate surface area is 122 Å². The Morgan fingerprint density at radius 3 is 2.65 bits per heavy atom. The number of carbonyl (C=O) groups is 1. The molecule has 2 aromatic rings. The number of amides is 1. The minimum Gasteiger partial charge on any atom is -0.497 e. The lowest BCUT2D eigenvalue weighted by Crippen LogP contribution is -2.07. The molecule has 0 fully saturated rings. The van der Waals surface area contributed by atoms with Crippen LogP contribution in [0.15, 0.2) is 52.3 Å². The van der Waals surface area contributed by atoms with Gasteiger partial charge in [-0.05, 0) is 36.4 Å². The zero-order valence-electron chi connectivity index (χ0n) is 11.3. The SMILES string of the molecule is COc1cccc(Sc2ccc(N)c(NC(C)=O)c2)c1. The predicted octanol–water partition coefficient (Wildman–Crippen LogP) is 3.39.